The predicted molar refractivity (Wildman–Crippen MR) is 80.7 cm³/mol. The number of alkyl halides is 3. The molecule has 3 N–H and O–H groups in total. The second-order valence-electron chi connectivity index (χ2n) is 4.03. The molecular weight excluding hydrogens is 341 g/mol. The van der Waals surface area contributed by atoms with Gasteiger partial charge in [-0.2, -0.15) is 18.3 Å². The van der Waals surface area contributed by atoms with Crippen molar-refractivity contribution >= 4 is 40.1 Å². The summed E-state index contributed by atoms with van der Waals surface area (Å²) in [5, 5.41) is 5.66. The fourth-order valence-electron chi connectivity index (χ4n) is 1.61. The SMILES string of the molecule is COc1c(Cl)cc(C=NNc2nc(N)cs2)cc1C(F)(F)F. The summed E-state index contributed by atoms with van der Waals surface area (Å²) in [6.45, 7) is 0. The molecular formula is C12H10ClF3N4OS. The summed E-state index contributed by atoms with van der Waals surface area (Å²) in [6, 6.07) is 2.21. The minimum Gasteiger partial charge on any atom is -0.495 e. The lowest BCUT2D eigenvalue weighted by molar-refractivity contribution is -0.138. The molecule has 2 rings (SSSR count). The summed E-state index contributed by atoms with van der Waals surface area (Å²) in [5.74, 6) is -0.0958. The molecule has 5 nitrogen and oxygen atoms in total. The highest BCUT2D eigenvalue weighted by molar-refractivity contribution is 7.14. The van der Waals surface area contributed by atoms with Gasteiger partial charge in [-0.25, -0.2) is 4.98 Å². The van der Waals surface area contributed by atoms with Crippen LogP contribution in [0.3, 0.4) is 0 Å². The van der Waals surface area contributed by atoms with Crippen LogP contribution in [0.25, 0.3) is 0 Å². The molecule has 0 unspecified atom stereocenters. The van der Waals surface area contributed by atoms with E-state index in [2.05, 4.69) is 15.5 Å². The van der Waals surface area contributed by atoms with Gasteiger partial charge in [0.15, 0.2) is 0 Å². The largest absolute Gasteiger partial charge is 0.495 e. The van der Waals surface area contributed by atoms with Gasteiger partial charge in [0, 0.05) is 5.38 Å². The molecule has 1 aromatic heterocycles. The molecule has 0 aliphatic carbocycles. The summed E-state index contributed by atoms with van der Waals surface area (Å²) in [7, 11) is 1.12. The summed E-state index contributed by atoms with van der Waals surface area (Å²) >= 11 is 7.02. The number of hydrazone groups is 1. The molecule has 1 heterocycles. The molecule has 0 saturated carbocycles. The van der Waals surface area contributed by atoms with Crippen molar-refractivity contribution in [3.63, 3.8) is 0 Å². The summed E-state index contributed by atoms with van der Waals surface area (Å²) in [5.41, 5.74) is 7.19. The smallest absolute Gasteiger partial charge is 0.420 e. The van der Waals surface area contributed by atoms with Crippen LogP contribution in [0.2, 0.25) is 5.02 Å². The van der Waals surface area contributed by atoms with Crippen LogP contribution in [0.5, 0.6) is 5.75 Å². The molecule has 0 bridgehead atoms. The van der Waals surface area contributed by atoms with Gasteiger partial charge >= 0.3 is 6.18 Å². The Labute approximate surface area is 132 Å². The first-order chi connectivity index (χ1) is 10.3. The van der Waals surface area contributed by atoms with Crippen LogP contribution in [0, 0.1) is 0 Å². The summed E-state index contributed by atoms with van der Waals surface area (Å²) < 4.78 is 43.6. The zero-order valence-electron chi connectivity index (χ0n) is 11.1. The van der Waals surface area contributed by atoms with Crippen LogP contribution in [0.1, 0.15) is 11.1 Å². The van der Waals surface area contributed by atoms with Crippen molar-refractivity contribution in [2.45, 2.75) is 6.18 Å². The van der Waals surface area contributed by atoms with Crippen molar-refractivity contribution in [1.82, 2.24) is 4.98 Å². The molecule has 118 valence electrons. The fourth-order valence-corrected chi connectivity index (χ4v) is 2.46. The van der Waals surface area contributed by atoms with E-state index in [0.717, 1.165) is 13.2 Å². The Balaban J connectivity index is 2.26. The van der Waals surface area contributed by atoms with Gasteiger partial charge in [-0.05, 0) is 17.7 Å². The van der Waals surface area contributed by atoms with Gasteiger partial charge in [0.1, 0.15) is 11.6 Å². The third-order valence-corrected chi connectivity index (χ3v) is 3.52. The van der Waals surface area contributed by atoms with Gasteiger partial charge in [0.25, 0.3) is 0 Å². The third kappa shape index (κ3) is 3.80. The predicted octanol–water partition coefficient (Wildman–Crippen LogP) is 3.85. The average molecular weight is 351 g/mol. The van der Waals surface area contributed by atoms with E-state index >= 15 is 0 Å². The number of nitrogen functional groups attached to an aromatic ring is 1. The second-order valence-corrected chi connectivity index (χ2v) is 5.29. The average Bonchev–Trinajstić information content (AvgIpc) is 2.83. The number of nitrogens with two attached hydrogens (primary N) is 1. The van der Waals surface area contributed by atoms with E-state index in [1.54, 1.807) is 5.38 Å². The van der Waals surface area contributed by atoms with Crippen LogP contribution in [-0.4, -0.2) is 18.3 Å². The molecule has 0 amide bonds. The number of aromatic nitrogens is 1. The standard InChI is InChI=1S/C12H10ClF3N4OS/c1-21-10-7(12(14,15)16)2-6(3-8(10)13)4-18-20-11-19-9(17)5-22-11/h2-5H,17H2,1H3,(H,19,20). The van der Waals surface area contributed by atoms with Crippen molar-refractivity contribution in [3.8, 4) is 5.75 Å². The van der Waals surface area contributed by atoms with Gasteiger partial charge in [-0.1, -0.05) is 11.6 Å². The number of nitrogens with one attached hydrogen (secondary N) is 1. The Morgan fingerprint density at radius 3 is 2.73 bits per heavy atom. The van der Waals surface area contributed by atoms with Crippen LogP contribution >= 0.6 is 22.9 Å². The number of methoxy groups -OCH3 is 1. The first kappa shape index (κ1) is 16.4. The Morgan fingerprint density at radius 2 is 2.18 bits per heavy atom. The topological polar surface area (TPSA) is 72.5 Å². The van der Waals surface area contributed by atoms with Crippen LogP contribution in [-0.2, 0) is 6.18 Å². The highest BCUT2D eigenvalue weighted by atomic mass is 35.5. The minimum atomic E-state index is -4.59. The summed E-state index contributed by atoms with van der Waals surface area (Å²) in [6.07, 6.45) is -3.39. The molecule has 2 aromatic rings. The molecule has 0 aliphatic rings. The Morgan fingerprint density at radius 1 is 1.45 bits per heavy atom. The lowest BCUT2D eigenvalue weighted by Gasteiger charge is -2.14. The van der Waals surface area contributed by atoms with Gasteiger partial charge in [0.2, 0.25) is 5.13 Å². The molecule has 0 fully saturated rings. The first-order valence-corrected chi connectivity index (χ1v) is 7.02. The van der Waals surface area contributed by atoms with E-state index in [4.69, 9.17) is 22.1 Å². The fraction of sp³-hybridized carbons (Fsp3) is 0.167. The minimum absolute atomic E-state index is 0.155. The van der Waals surface area contributed by atoms with Gasteiger partial charge in [-0.15, -0.1) is 11.3 Å². The summed E-state index contributed by atoms with van der Waals surface area (Å²) in [4.78, 5) is 3.89. The molecule has 0 aliphatic heterocycles. The van der Waals surface area contributed by atoms with E-state index in [9.17, 15) is 13.2 Å². The molecule has 0 saturated heterocycles. The molecule has 22 heavy (non-hydrogen) atoms. The number of nitrogens with zero attached hydrogens (tertiary/aromatic N) is 2. The van der Waals surface area contributed by atoms with Crippen LogP contribution in [0.4, 0.5) is 24.1 Å². The molecule has 0 spiro atoms. The lowest BCUT2D eigenvalue weighted by atomic mass is 10.1. The van der Waals surface area contributed by atoms with E-state index in [-0.39, 0.29) is 10.6 Å². The third-order valence-electron chi connectivity index (χ3n) is 2.47. The maximum Gasteiger partial charge on any atom is 0.420 e. The number of rotatable bonds is 4. The highest BCUT2D eigenvalue weighted by Crippen LogP contribution is 2.40. The second kappa shape index (κ2) is 6.41. The van der Waals surface area contributed by atoms with Crippen molar-refractivity contribution in [2.75, 3.05) is 18.3 Å². The first-order valence-electron chi connectivity index (χ1n) is 5.76. The Bertz CT molecular complexity index is 702. The van der Waals surface area contributed by atoms with Gasteiger partial charge in [-0.3, -0.25) is 5.43 Å². The van der Waals surface area contributed by atoms with E-state index in [0.29, 0.717) is 10.9 Å². The molecule has 1 aromatic carbocycles. The normalized spacial score (nSPS) is 11.9. The number of hydrogen-bond donors (Lipinski definition) is 2. The maximum atomic E-state index is 13.0. The lowest BCUT2D eigenvalue weighted by Crippen LogP contribution is -2.09. The van der Waals surface area contributed by atoms with Crippen LogP contribution < -0.4 is 15.9 Å². The monoisotopic (exact) mass is 350 g/mol. The van der Waals surface area contributed by atoms with E-state index in [1.165, 1.54) is 23.6 Å². The zero-order valence-corrected chi connectivity index (χ0v) is 12.7. The Hall–Kier alpha value is -2.00. The van der Waals surface area contributed by atoms with Crippen molar-refractivity contribution in [3.05, 3.63) is 33.7 Å². The number of thiazole rings is 1. The van der Waals surface area contributed by atoms with E-state index < -0.39 is 17.5 Å². The van der Waals surface area contributed by atoms with E-state index in [1.807, 2.05) is 0 Å². The quantitative estimate of drug-likeness (QED) is 0.649. The molecule has 10 heteroatoms. The number of benzene rings is 1. The van der Waals surface area contributed by atoms with Crippen LogP contribution in [0.15, 0.2) is 22.6 Å². The number of halogens is 4. The van der Waals surface area contributed by atoms with Crippen molar-refractivity contribution in [1.29, 1.82) is 0 Å². The molecule has 0 atom stereocenters. The van der Waals surface area contributed by atoms with Crippen molar-refractivity contribution in [2.24, 2.45) is 5.10 Å². The van der Waals surface area contributed by atoms with Gasteiger partial charge < -0.3 is 10.5 Å². The zero-order chi connectivity index (χ0) is 16.3. The van der Waals surface area contributed by atoms with Crippen molar-refractivity contribution < 1.29 is 17.9 Å². The Kier molecular flexibility index (Phi) is 4.77. The molecule has 0 radical (unpaired) electrons. The maximum absolute atomic E-state index is 13.0. The number of hydrogen-bond acceptors (Lipinski definition) is 6. The highest BCUT2D eigenvalue weighted by Gasteiger charge is 2.35. The number of anilines is 2. The van der Waals surface area contributed by atoms with Gasteiger partial charge in [0.05, 0.1) is 23.9 Å². The number of ether oxygens (including phenoxy) is 1.